The Balaban J connectivity index is 1.81. The van der Waals surface area contributed by atoms with Gasteiger partial charge in [-0.3, -0.25) is 19.2 Å². The van der Waals surface area contributed by atoms with Crippen molar-refractivity contribution in [1.29, 1.82) is 0 Å². The molecule has 224 valence electrons. The van der Waals surface area contributed by atoms with E-state index in [4.69, 9.17) is 10.8 Å². The second kappa shape index (κ2) is 14.8. The molecule has 3 amide bonds. The summed E-state index contributed by atoms with van der Waals surface area (Å²) in [5.74, 6) is -4.76. The topological polar surface area (TPSA) is 204 Å². The predicted molar refractivity (Wildman–Crippen MR) is 155 cm³/mol. The van der Waals surface area contributed by atoms with Crippen LogP contribution in [0.5, 0.6) is 0 Å². The number of carboxylic acids is 2. The maximum atomic E-state index is 13.5. The van der Waals surface area contributed by atoms with Crippen LogP contribution < -0.4 is 21.7 Å². The second-order valence-electron chi connectivity index (χ2n) is 10.6. The number of aromatic nitrogens is 1. The molecule has 0 saturated carbocycles. The van der Waals surface area contributed by atoms with E-state index in [2.05, 4.69) is 20.9 Å². The number of benzene rings is 2. The van der Waals surface area contributed by atoms with Crippen LogP contribution in [0.25, 0.3) is 10.9 Å². The fraction of sp³-hybridized carbons (Fsp3) is 0.367. The third-order valence-electron chi connectivity index (χ3n) is 6.70. The highest BCUT2D eigenvalue weighted by molar-refractivity contribution is 5.95. The Labute approximate surface area is 243 Å². The lowest BCUT2D eigenvalue weighted by molar-refractivity contribution is -0.142. The minimum atomic E-state index is -1.37. The number of nitrogens with two attached hydrogens (primary N) is 1. The third kappa shape index (κ3) is 9.16. The van der Waals surface area contributed by atoms with Crippen molar-refractivity contribution < 1.29 is 34.2 Å². The number of carboxylic acid groups (broad SMARTS) is 2. The van der Waals surface area contributed by atoms with E-state index < -0.39 is 60.2 Å². The molecule has 2 aromatic carbocycles. The number of hydrogen-bond donors (Lipinski definition) is 7. The summed E-state index contributed by atoms with van der Waals surface area (Å²) in [4.78, 5) is 65.7. The van der Waals surface area contributed by atoms with Crippen molar-refractivity contribution in [2.75, 3.05) is 0 Å². The van der Waals surface area contributed by atoms with Gasteiger partial charge in [0.15, 0.2) is 0 Å². The van der Waals surface area contributed by atoms with E-state index in [0.717, 1.165) is 16.5 Å². The van der Waals surface area contributed by atoms with E-state index in [1.54, 1.807) is 36.5 Å². The van der Waals surface area contributed by atoms with Gasteiger partial charge in [-0.25, -0.2) is 4.79 Å². The highest BCUT2D eigenvalue weighted by atomic mass is 16.4. The highest BCUT2D eigenvalue weighted by Crippen LogP contribution is 2.19. The van der Waals surface area contributed by atoms with Gasteiger partial charge in [0.2, 0.25) is 17.7 Å². The van der Waals surface area contributed by atoms with Crippen molar-refractivity contribution in [3.05, 3.63) is 71.9 Å². The van der Waals surface area contributed by atoms with Crippen LogP contribution in [0.2, 0.25) is 0 Å². The van der Waals surface area contributed by atoms with Crippen molar-refractivity contribution >= 4 is 40.6 Å². The van der Waals surface area contributed by atoms with E-state index >= 15 is 0 Å². The van der Waals surface area contributed by atoms with Crippen molar-refractivity contribution in [1.82, 2.24) is 20.9 Å². The maximum absolute atomic E-state index is 13.5. The van der Waals surface area contributed by atoms with Crippen LogP contribution in [0.15, 0.2) is 60.8 Å². The Bertz CT molecular complexity index is 1410. The molecule has 3 aromatic rings. The molecule has 12 nitrogen and oxygen atoms in total. The molecule has 4 unspecified atom stereocenters. The summed E-state index contributed by atoms with van der Waals surface area (Å²) in [5.41, 5.74) is 7.93. The molecule has 0 saturated heterocycles. The summed E-state index contributed by atoms with van der Waals surface area (Å²) in [5, 5.41) is 27.5. The monoisotopic (exact) mass is 579 g/mol. The fourth-order valence-corrected chi connectivity index (χ4v) is 4.59. The molecule has 0 spiro atoms. The third-order valence-corrected chi connectivity index (χ3v) is 6.70. The smallest absolute Gasteiger partial charge is 0.326 e. The Hall–Kier alpha value is -4.71. The first-order valence-corrected chi connectivity index (χ1v) is 13.6. The molecule has 42 heavy (non-hydrogen) atoms. The van der Waals surface area contributed by atoms with Gasteiger partial charge in [0.25, 0.3) is 0 Å². The Kier molecular flexibility index (Phi) is 11.2. The summed E-state index contributed by atoms with van der Waals surface area (Å²) < 4.78 is 0. The van der Waals surface area contributed by atoms with E-state index in [9.17, 15) is 29.1 Å². The minimum Gasteiger partial charge on any atom is -0.481 e. The molecule has 0 aliphatic carbocycles. The summed E-state index contributed by atoms with van der Waals surface area (Å²) in [7, 11) is 0. The van der Waals surface area contributed by atoms with Gasteiger partial charge in [-0.2, -0.15) is 0 Å². The van der Waals surface area contributed by atoms with Crippen LogP contribution in [0.3, 0.4) is 0 Å². The van der Waals surface area contributed by atoms with Crippen LogP contribution in [-0.2, 0) is 36.8 Å². The average molecular weight is 580 g/mol. The number of aliphatic carboxylic acids is 2. The number of carbonyl (C=O) groups is 5. The zero-order valence-corrected chi connectivity index (χ0v) is 23.5. The number of fused-ring (bicyclic) bond motifs is 1. The molecule has 0 aliphatic heterocycles. The Morgan fingerprint density at radius 2 is 1.38 bits per heavy atom. The lowest BCUT2D eigenvalue weighted by atomic mass is 10.00. The summed E-state index contributed by atoms with van der Waals surface area (Å²) in [6.45, 7) is 3.67. The maximum Gasteiger partial charge on any atom is 0.326 e. The summed E-state index contributed by atoms with van der Waals surface area (Å²) in [6.07, 6.45) is 1.33. The highest BCUT2D eigenvalue weighted by Gasteiger charge is 2.31. The number of hydrogen-bond acceptors (Lipinski definition) is 6. The molecule has 1 aromatic heterocycles. The van der Waals surface area contributed by atoms with Crippen LogP contribution in [0.4, 0.5) is 0 Å². The zero-order chi connectivity index (χ0) is 30.8. The molecule has 0 fully saturated rings. The van der Waals surface area contributed by atoms with E-state index in [-0.39, 0.29) is 25.2 Å². The predicted octanol–water partition coefficient (Wildman–Crippen LogP) is 1.34. The van der Waals surface area contributed by atoms with Crippen LogP contribution in [-0.4, -0.2) is 69.0 Å². The van der Waals surface area contributed by atoms with Crippen LogP contribution in [0, 0.1) is 5.92 Å². The SMILES string of the molecule is CC(C)CC(NC(=O)C(N)CC(=O)O)C(=O)NC(Cc1ccccc1)C(=O)NC(Cc1c[nH]c2ccccc12)C(=O)O. The lowest BCUT2D eigenvalue weighted by Gasteiger charge is -2.26. The number of para-hydroxylation sites is 1. The van der Waals surface area contributed by atoms with Crippen molar-refractivity contribution in [3.8, 4) is 0 Å². The van der Waals surface area contributed by atoms with Gasteiger partial charge in [0.05, 0.1) is 12.5 Å². The molecule has 0 bridgehead atoms. The first kappa shape index (κ1) is 31.8. The van der Waals surface area contributed by atoms with Crippen molar-refractivity contribution in [2.24, 2.45) is 11.7 Å². The molecule has 4 atom stereocenters. The summed E-state index contributed by atoms with van der Waals surface area (Å²) in [6, 6.07) is 11.3. The Morgan fingerprint density at radius 3 is 2.02 bits per heavy atom. The van der Waals surface area contributed by atoms with E-state index in [1.807, 2.05) is 38.1 Å². The van der Waals surface area contributed by atoms with Gasteiger partial charge in [-0.1, -0.05) is 62.4 Å². The fourth-order valence-electron chi connectivity index (χ4n) is 4.59. The van der Waals surface area contributed by atoms with Crippen molar-refractivity contribution in [3.63, 3.8) is 0 Å². The number of H-pyrrole nitrogens is 1. The van der Waals surface area contributed by atoms with Gasteiger partial charge in [0, 0.05) is 29.9 Å². The first-order chi connectivity index (χ1) is 19.9. The average Bonchev–Trinajstić information content (AvgIpc) is 3.34. The number of carbonyl (C=O) groups excluding carboxylic acids is 3. The van der Waals surface area contributed by atoms with E-state index in [0.29, 0.717) is 5.56 Å². The van der Waals surface area contributed by atoms with E-state index in [1.165, 1.54) is 0 Å². The molecule has 0 radical (unpaired) electrons. The number of aromatic amines is 1. The molecule has 1 heterocycles. The zero-order valence-electron chi connectivity index (χ0n) is 23.5. The standard InChI is InChI=1S/C30H37N5O7/c1-17(2)12-23(33-27(38)21(31)15-26(36)37)28(39)34-24(13-18-8-4-3-5-9-18)29(40)35-25(30(41)42)14-19-16-32-22-11-7-6-10-20(19)22/h3-11,16-17,21,23-25,32H,12-15,31H2,1-2H3,(H,33,38)(H,34,39)(H,35,40)(H,36,37)(H,41,42). The van der Waals surface area contributed by atoms with Crippen LogP contribution >= 0.6 is 0 Å². The second-order valence-corrected chi connectivity index (χ2v) is 10.6. The molecule has 0 aliphatic rings. The lowest BCUT2D eigenvalue weighted by Crippen LogP contribution is -2.58. The van der Waals surface area contributed by atoms with Gasteiger partial charge >= 0.3 is 11.9 Å². The molecular weight excluding hydrogens is 542 g/mol. The largest absolute Gasteiger partial charge is 0.481 e. The van der Waals surface area contributed by atoms with Crippen LogP contribution in [0.1, 0.15) is 37.8 Å². The molecule has 8 N–H and O–H groups in total. The van der Waals surface area contributed by atoms with Gasteiger partial charge in [-0.05, 0) is 29.5 Å². The van der Waals surface area contributed by atoms with Gasteiger partial charge in [0.1, 0.15) is 18.1 Å². The molecule has 3 rings (SSSR count). The number of rotatable bonds is 15. The quantitative estimate of drug-likeness (QED) is 0.140. The Morgan fingerprint density at radius 1 is 0.786 bits per heavy atom. The number of amides is 3. The van der Waals surface area contributed by atoms with Gasteiger partial charge in [-0.15, -0.1) is 0 Å². The van der Waals surface area contributed by atoms with Crippen molar-refractivity contribution in [2.45, 2.75) is 63.7 Å². The molecule has 12 heteroatoms. The number of nitrogens with one attached hydrogen (secondary N) is 4. The first-order valence-electron chi connectivity index (χ1n) is 13.6. The molecular formula is C30H37N5O7. The normalized spacial score (nSPS) is 14.0. The minimum absolute atomic E-state index is 0.00455. The summed E-state index contributed by atoms with van der Waals surface area (Å²) >= 11 is 0. The van der Waals surface area contributed by atoms with Gasteiger partial charge < -0.3 is 36.9 Å².